The van der Waals surface area contributed by atoms with Crippen molar-refractivity contribution < 1.29 is 4.74 Å². The van der Waals surface area contributed by atoms with Crippen LogP contribution in [0.5, 0.6) is 5.75 Å². The van der Waals surface area contributed by atoms with E-state index < -0.39 is 0 Å². The van der Waals surface area contributed by atoms with Crippen LogP contribution in [0.25, 0.3) is 10.8 Å². The van der Waals surface area contributed by atoms with Crippen LogP contribution in [0.15, 0.2) is 42.5 Å². The van der Waals surface area contributed by atoms with Gasteiger partial charge in [-0.15, -0.1) is 0 Å². The smallest absolute Gasteiger partial charge is 0.127 e. The minimum atomic E-state index is -0.00157. The van der Waals surface area contributed by atoms with Gasteiger partial charge in [0.2, 0.25) is 0 Å². The summed E-state index contributed by atoms with van der Waals surface area (Å²) in [6, 6.07) is 14.2. The number of hydrogen-bond donors (Lipinski definition) is 1. The second kappa shape index (κ2) is 5.15. The zero-order valence-electron chi connectivity index (χ0n) is 9.72. The monoisotopic (exact) mass is 245 g/mol. The van der Waals surface area contributed by atoms with Gasteiger partial charge in [-0.2, -0.15) is 0 Å². The molecule has 0 fully saturated rings. The molecule has 0 saturated heterocycles. The van der Waals surface area contributed by atoms with Crippen molar-refractivity contribution in [3.05, 3.63) is 42.5 Å². The molecular formula is C14H15NOS. The van der Waals surface area contributed by atoms with Crippen LogP contribution in [0.3, 0.4) is 0 Å². The van der Waals surface area contributed by atoms with Gasteiger partial charge in [0.1, 0.15) is 11.9 Å². The first-order chi connectivity index (χ1) is 8.16. The lowest BCUT2D eigenvalue weighted by Crippen LogP contribution is -2.20. The van der Waals surface area contributed by atoms with E-state index in [1.807, 2.05) is 31.2 Å². The van der Waals surface area contributed by atoms with Crippen molar-refractivity contribution in [3.8, 4) is 5.75 Å². The Bertz CT molecular complexity index is 533. The van der Waals surface area contributed by atoms with Gasteiger partial charge in [-0.25, -0.2) is 0 Å². The summed E-state index contributed by atoms with van der Waals surface area (Å²) in [4.78, 5) is 0.484. The molecule has 3 heteroatoms. The summed E-state index contributed by atoms with van der Waals surface area (Å²) < 4.78 is 5.87. The highest BCUT2D eigenvalue weighted by Gasteiger charge is 2.07. The van der Waals surface area contributed by atoms with Crippen LogP contribution in [0.2, 0.25) is 0 Å². The third kappa shape index (κ3) is 2.94. The molecule has 2 aromatic rings. The van der Waals surface area contributed by atoms with Gasteiger partial charge in [0.25, 0.3) is 0 Å². The van der Waals surface area contributed by atoms with E-state index in [-0.39, 0.29) is 6.10 Å². The van der Waals surface area contributed by atoms with Crippen LogP contribution in [0.1, 0.15) is 13.3 Å². The molecule has 0 aliphatic heterocycles. The Kier molecular flexibility index (Phi) is 3.59. The fourth-order valence-electron chi connectivity index (χ4n) is 1.84. The third-order valence-electron chi connectivity index (χ3n) is 2.57. The van der Waals surface area contributed by atoms with Gasteiger partial charge in [0, 0.05) is 11.8 Å². The van der Waals surface area contributed by atoms with Crippen molar-refractivity contribution >= 4 is 28.0 Å². The minimum Gasteiger partial charge on any atom is -0.490 e. The van der Waals surface area contributed by atoms with E-state index in [1.54, 1.807) is 0 Å². The summed E-state index contributed by atoms with van der Waals surface area (Å²) in [5.74, 6) is 0.881. The van der Waals surface area contributed by atoms with Crippen molar-refractivity contribution in [3.63, 3.8) is 0 Å². The average Bonchev–Trinajstić information content (AvgIpc) is 2.28. The molecule has 0 aromatic heterocycles. The van der Waals surface area contributed by atoms with Crippen LogP contribution in [0, 0.1) is 0 Å². The molecule has 0 heterocycles. The fraction of sp³-hybridized carbons (Fsp3) is 0.214. The standard InChI is InChI=1S/C14H15NOS/c1-10(9-14(15)17)16-13-8-4-6-11-5-2-3-7-12(11)13/h2-8,10H,9H2,1H3,(H2,15,17). The first kappa shape index (κ1) is 11.9. The molecule has 88 valence electrons. The van der Waals surface area contributed by atoms with Crippen molar-refractivity contribution in [2.24, 2.45) is 5.73 Å². The first-order valence-electron chi connectivity index (χ1n) is 5.59. The second-order valence-corrected chi connectivity index (χ2v) is 4.60. The van der Waals surface area contributed by atoms with Gasteiger partial charge in [-0.05, 0) is 18.4 Å². The Morgan fingerprint density at radius 2 is 1.94 bits per heavy atom. The molecular weight excluding hydrogens is 230 g/mol. The van der Waals surface area contributed by atoms with Crippen LogP contribution >= 0.6 is 12.2 Å². The van der Waals surface area contributed by atoms with Gasteiger partial charge in [0.05, 0.1) is 4.99 Å². The highest BCUT2D eigenvalue weighted by Crippen LogP contribution is 2.26. The molecule has 2 N–H and O–H groups in total. The van der Waals surface area contributed by atoms with Gasteiger partial charge in [-0.3, -0.25) is 0 Å². The van der Waals surface area contributed by atoms with Crippen LogP contribution in [0.4, 0.5) is 0 Å². The highest BCUT2D eigenvalue weighted by molar-refractivity contribution is 7.80. The lowest BCUT2D eigenvalue weighted by Gasteiger charge is -2.15. The van der Waals surface area contributed by atoms with Crippen molar-refractivity contribution in [2.45, 2.75) is 19.4 Å². The Morgan fingerprint density at radius 1 is 1.24 bits per heavy atom. The average molecular weight is 245 g/mol. The van der Waals surface area contributed by atoms with E-state index in [2.05, 4.69) is 18.2 Å². The van der Waals surface area contributed by atoms with E-state index in [1.165, 1.54) is 5.39 Å². The van der Waals surface area contributed by atoms with E-state index in [9.17, 15) is 0 Å². The number of nitrogens with two attached hydrogens (primary N) is 1. The summed E-state index contributed by atoms with van der Waals surface area (Å²) >= 11 is 4.88. The quantitative estimate of drug-likeness (QED) is 0.840. The van der Waals surface area contributed by atoms with Gasteiger partial charge in [-0.1, -0.05) is 48.6 Å². The van der Waals surface area contributed by atoms with Crippen molar-refractivity contribution in [1.82, 2.24) is 0 Å². The molecule has 0 bridgehead atoms. The highest BCUT2D eigenvalue weighted by atomic mass is 32.1. The predicted octanol–water partition coefficient (Wildman–Crippen LogP) is 3.28. The molecule has 2 nitrogen and oxygen atoms in total. The molecule has 0 radical (unpaired) electrons. The van der Waals surface area contributed by atoms with Crippen molar-refractivity contribution in [1.29, 1.82) is 0 Å². The Hall–Kier alpha value is -1.61. The van der Waals surface area contributed by atoms with Crippen molar-refractivity contribution in [2.75, 3.05) is 0 Å². The molecule has 1 unspecified atom stereocenters. The third-order valence-corrected chi connectivity index (χ3v) is 2.73. The van der Waals surface area contributed by atoms with E-state index in [0.717, 1.165) is 11.1 Å². The lowest BCUT2D eigenvalue weighted by molar-refractivity contribution is 0.233. The lowest BCUT2D eigenvalue weighted by atomic mass is 10.1. The van der Waals surface area contributed by atoms with E-state index in [4.69, 9.17) is 22.7 Å². The molecule has 2 aromatic carbocycles. The minimum absolute atomic E-state index is 0.00157. The summed E-state index contributed by atoms with van der Waals surface area (Å²) in [6.45, 7) is 1.97. The van der Waals surface area contributed by atoms with Gasteiger partial charge < -0.3 is 10.5 Å². The summed E-state index contributed by atoms with van der Waals surface area (Å²) in [7, 11) is 0. The largest absolute Gasteiger partial charge is 0.490 e. The number of fused-ring (bicyclic) bond motifs is 1. The number of benzene rings is 2. The Labute approximate surface area is 106 Å². The fourth-order valence-corrected chi connectivity index (χ4v) is 2.07. The maximum absolute atomic E-state index is 5.87. The molecule has 0 spiro atoms. The first-order valence-corrected chi connectivity index (χ1v) is 6.00. The number of thiocarbonyl (C=S) groups is 1. The zero-order valence-corrected chi connectivity index (χ0v) is 10.5. The Morgan fingerprint density at radius 3 is 2.71 bits per heavy atom. The summed E-state index contributed by atoms with van der Waals surface area (Å²) in [5, 5.41) is 2.29. The topological polar surface area (TPSA) is 35.2 Å². The second-order valence-electron chi connectivity index (χ2n) is 4.08. The van der Waals surface area contributed by atoms with E-state index in [0.29, 0.717) is 11.4 Å². The maximum atomic E-state index is 5.87. The van der Waals surface area contributed by atoms with Gasteiger partial charge in [0.15, 0.2) is 0 Å². The molecule has 1 atom stereocenters. The molecule has 0 amide bonds. The normalized spacial score (nSPS) is 12.3. The van der Waals surface area contributed by atoms with Crippen LogP contribution in [-0.4, -0.2) is 11.1 Å². The SMILES string of the molecule is CC(CC(N)=S)Oc1cccc2ccccc12. The van der Waals surface area contributed by atoms with Gasteiger partial charge >= 0.3 is 0 Å². The molecule has 0 saturated carbocycles. The van der Waals surface area contributed by atoms with Crippen LogP contribution < -0.4 is 10.5 Å². The number of ether oxygens (including phenoxy) is 1. The molecule has 0 aliphatic carbocycles. The maximum Gasteiger partial charge on any atom is 0.127 e. The number of hydrogen-bond acceptors (Lipinski definition) is 2. The zero-order chi connectivity index (χ0) is 12.3. The number of rotatable bonds is 4. The summed E-state index contributed by atoms with van der Waals surface area (Å²) in [5.41, 5.74) is 5.51. The summed E-state index contributed by atoms with van der Waals surface area (Å²) in [6.07, 6.45) is 0.594. The molecule has 0 aliphatic rings. The predicted molar refractivity (Wildman–Crippen MR) is 75.4 cm³/mol. The molecule has 2 rings (SSSR count). The molecule has 17 heavy (non-hydrogen) atoms. The Balaban J connectivity index is 2.26. The van der Waals surface area contributed by atoms with Crippen LogP contribution in [-0.2, 0) is 0 Å². The van der Waals surface area contributed by atoms with E-state index >= 15 is 0 Å².